The van der Waals surface area contributed by atoms with Crippen molar-refractivity contribution in [2.75, 3.05) is 0 Å². The van der Waals surface area contributed by atoms with Gasteiger partial charge in [0.1, 0.15) is 0 Å². The molecule has 0 saturated carbocycles. The minimum absolute atomic E-state index is 0.269. The first-order valence-corrected chi connectivity index (χ1v) is 2.61. The van der Waals surface area contributed by atoms with Crippen LogP contribution in [-0.4, -0.2) is 23.1 Å². The van der Waals surface area contributed by atoms with E-state index in [1.165, 1.54) is 13.8 Å². The number of hydrogen-bond acceptors (Lipinski definition) is 3. The Morgan fingerprint density at radius 3 is 2.50 bits per heavy atom. The second kappa shape index (κ2) is 3.17. The van der Waals surface area contributed by atoms with Gasteiger partial charge in [-0.2, -0.15) is 0 Å². The molecule has 10 heavy (non-hydrogen) atoms. The molecule has 0 heterocycles. The first-order valence-electron chi connectivity index (χ1n) is 2.61. The highest BCUT2D eigenvalue weighted by Crippen LogP contribution is 2.05. The molecule has 0 aromatic carbocycles. The van der Waals surface area contributed by atoms with E-state index in [9.17, 15) is 9.59 Å². The Bertz CT molecular complexity index is 143. The van der Waals surface area contributed by atoms with Crippen molar-refractivity contribution < 1.29 is 19.5 Å². The van der Waals surface area contributed by atoms with Crippen LogP contribution in [0.4, 0.5) is 0 Å². The molecule has 0 aliphatic heterocycles. The van der Waals surface area contributed by atoms with Crippen LogP contribution in [0, 0.1) is 0 Å². The number of rotatable bonds is 4. The topological polar surface area (TPSA) is 75.6 Å². The summed E-state index contributed by atoms with van der Waals surface area (Å²) in [5.74, 6) is -1.14. The fourth-order valence-electron chi connectivity index (χ4n) is 0.215. The molecule has 0 aromatic heterocycles. The van der Waals surface area contributed by atoms with Crippen LogP contribution in [0.25, 0.3) is 0 Å². The molecule has 0 saturated heterocycles. The van der Waals surface area contributed by atoms with Gasteiger partial charge in [-0.05, 0) is 13.8 Å². The van der Waals surface area contributed by atoms with Gasteiger partial charge in [-0.1, -0.05) is 0 Å². The van der Waals surface area contributed by atoms with E-state index in [-0.39, 0.29) is 6.41 Å². The zero-order valence-electron chi connectivity index (χ0n) is 5.75. The quantitative estimate of drug-likeness (QED) is 0.416. The van der Waals surface area contributed by atoms with Gasteiger partial charge < -0.3 is 5.11 Å². The lowest BCUT2D eigenvalue weighted by atomic mass is 10.1. The summed E-state index contributed by atoms with van der Waals surface area (Å²) in [6, 6.07) is 0. The lowest BCUT2D eigenvalue weighted by Gasteiger charge is -2.17. The molecule has 0 radical (unpaired) electrons. The van der Waals surface area contributed by atoms with E-state index >= 15 is 0 Å². The zero-order valence-corrected chi connectivity index (χ0v) is 5.75. The number of carbonyl (C=O) groups excluding carboxylic acids is 1. The summed E-state index contributed by atoms with van der Waals surface area (Å²) in [5.41, 5.74) is 0.434. The molecule has 1 amide bonds. The van der Waals surface area contributed by atoms with Crippen LogP contribution in [0.3, 0.4) is 0 Å². The fraction of sp³-hybridized carbons (Fsp3) is 0.600. The summed E-state index contributed by atoms with van der Waals surface area (Å²) >= 11 is 0. The fourth-order valence-corrected chi connectivity index (χ4v) is 0.215. The molecular formula is C5H9NO4. The van der Waals surface area contributed by atoms with Crippen LogP contribution < -0.4 is 5.48 Å². The van der Waals surface area contributed by atoms with Gasteiger partial charge in [0.25, 0.3) is 0 Å². The van der Waals surface area contributed by atoms with Crippen molar-refractivity contribution in [3.8, 4) is 0 Å². The normalized spacial score (nSPS) is 10.6. The molecular weight excluding hydrogens is 138 g/mol. The van der Waals surface area contributed by atoms with E-state index in [1.807, 2.05) is 5.48 Å². The van der Waals surface area contributed by atoms with E-state index in [0.717, 1.165) is 0 Å². The van der Waals surface area contributed by atoms with Crippen LogP contribution in [0.5, 0.6) is 0 Å². The van der Waals surface area contributed by atoms with Crippen molar-refractivity contribution in [1.29, 1.82) is 0 Å². The molecule has 0 fully saturated rings. The Morgan fingerprint density at radius 2 is 2.20 bits per heavy atom. The molecule has 0 unspecified atom stereocenters. The van der Waals surface area contributed by atoms with E-state index in [2.05, 4.69) is 4.84 Å². The number of carboxylic acid groups (broad SMARTS) is 1. The molecule has 5 nitrogen and oxygen atoms in total. The molecule has 5 heteroatoms. The second-order valence-corrected chi connectivity index (χ2v) is 2.15. The molecule has 0 bridgehead atoms. The molecule has 0 rings (SSSR count). The van der Waals surface area contributed by atoms with E-state index < -0.39 is 11.6 Å². The number of carbonyl (C=O) groups is 2. The molecule has 0 atom stereocenters. The largest absolute Gasteiger partial charge is 0.479 e. The van der Waals surface area contributed by atoms with Crippen LogP contribution in [0.2, 0.25) is 0 Å². The summed E-state index contributed by atoms with van der Waals surface area (Å²) in [7, 11) is 0. The van der Waals surface area contributed by atoms with Crippen LogP contribution >= 0.6 is 0 Å². The molecule has 0 aromatic rings. The van der Waals surface area contributed by atoms with E-state index in [1.54, 1.807) is 0 Å². The Balaban J connectivity index is 3.86. The summed E-state index contributed by atoms with van der Waals surface area (Å²) < 4.78 is 0. The Kier molecular flexibility index (Phi) is 2.82. The molecule has 58 valence electrons. The van der Waals surface area contributed by atoms with Crippen molar-refractivity contribution in [3.05, 3.63) is 0 Å². The van der Waals surface area contributed by atoms with Gasteiger partial charge in [-0.25, -0.2) is 10.3 Å². The highest BCUT2D eigenvalue weighted by molar-refractivity contribution is 5.76. The predicted octanol–water partition coefficient (Wildman–Crippen LogP) is -0.473. The van der Waals surface area contributed by atoms with E-state index in [4.69, 9.17) is 5.11 Å². The third-order valence-corrected chi connectivity index (χ3v) is 0.877. The Morgan fingerprint density at radius 1 is 1.70 bits per heavy atom. The summed E-state index contributed by atoms with van der Waals surface area (Å²) in [5, 5.41) is 8.39. The Labute approximate surface area is 57.9 Å². The van der Waals surface area contributed by atoms with Crippen LogP contribution in [0.15, 0.2) is 0 Å². The standard InChI is InChI=1S/C5H9NO4/c1-5(2,4(8)9)10-6-3-7/h3H,1-2H3,(H,6,7)(H,8,9). The SMILES string of the molecule is CC(C)(ONC=O)C(=O)O. The van der Waals surface area contributed by atoms with Crippen molar-refractivity contribution in [2.45, 2.75) is 19.4 Å². The highest BCUT2D eigenvalue weighted by atomic mass is 16.7. The maximum atomic E-state index is 10.2. The number of carboxylic acids is 1. The number of aliphatic carboxylic acids is 1. The number of hydroxylamine groups is 1. The second-order valence-electron chi connectivity index (χ2n) is 2.15. The molecule has 0 aliphatic carbocycles. The minimum atomic E-state index is -1.37. The number of nitrogens with one attached hydrogen (secondary N) is 1. The number of amides is 1. The zero-order chi connectivity index (χ0) is 8.20. The van der Waals surface area contributed by atoms with Gasteiger partial charge in [0.05, 0.1) is 0 Å². The summed E-state index contributed by atoms with van der Waals surface area (Å²) in [6.45, 7) is 2.65. The van der Waals surface area contributed by atoms with Gasteiger partial charge >= 0.3 is 5.97 Å². The summed E-state index contributed by atoms with van der Waals surface area (Å²) in [6.07, 6.45) is 0.269. The van der Waals surface area contributed by atoms with E-state index in [0.29, 0.717) is 0 Å². The van der Waals surface area contributed by atoms with Gasteiger partial charge in [-0.3, -0.25) is 9.63 Å². The van der Waals surface area contributed by atoms with Crippen molar-refractivity contribution in [2.24, 2.45) is 0 Å². The Hall–Kier alpha value is -1.10. The third-order valence-electron chi connectivity index (χ3n) is 0.877. The van der Waals surface area contributed by atoms with Gasteiger partial charge in [-0.15, -0.1) is 0 Å². The molecule has 0 spiro atoms. The monoisotopic (exact) mass is 147 g/mol. The predicted molar refractivity (Wildman–Crippen MR) is 32.0 cm³/mol. The smallest absolute Gasteiger partial charge is 0.338 e. The van der Waals surface area contributed by atoms with Crippen LogP contribution in [0.1, 0.15) is 13.8 Å². The lowest BCUT2D eigenvalue weighted by Crippen LogP contribution is -2.39. The molecule has 0 aliphatic rings. The average Bonchev–Trinajstić information content (AvgIpc) is 1.84. The van der Waals surface area contributed by atoms with Crippen molar-refractivity contribution in [3.63, 3.8) is 0 Å². The maximum absolute atomic E-state index is 10.2. The maximum Gasteiger partial charge on any atom is 0.338 e. The van der Waals surface area contributed by atoms with Crippen LogP contribution in [-0.2, 0) is 14.4 Å². The first kappa shape index (κ1) is 8.90. The van der Waals surface area contributed by atoms with Gasteiger partial charge in [0, 0.05) is 0 Å². The summed E-state index contributed by atoms with van der Waals surface area (Å²) in [4.78, 5) is 24.3. The third kappa shape index (κ3) is 2.45. The minimum Gasteiger partial charge on any atom is -0.479 e. The van der Waals surface area contributed by atoms with Crippen molar-refractivity contribution >= 4 is 12.4 Å². The van der Waals surface area contributed by atoms with Gasteiger partial charge in [0.2, 0.25) is 6.41 Å². The molecule has 2 N–H and O–H groups in total. The lowest BCUT2D eigenvalue weighted by molar-refractivity contribution is -0.171. The van der Waals surface area contributed by atoms with Gasteiger partial charge in [0.15, 0.2) is 5.60 Å². The first-order chi connectivity index (χ1) is 4.50. The number of hydrogen-bond donors (Lipinski definition) is 2. The highest BCUT2D eigenvalue weighted by Gasteiger charge is 2.28. The average molecular weight is 147 g/mol. The van der Waals surface area contributed by atoms with Crippen molar-refractivity contribution in [1.82, 2.24) is 5.48 Å².